The molecular weight excluding hydrogens is 312 g/mol. The third kappa shape index (κ3) is 4.15. The highest BCUT2D eigenvalue weighted by Gasteiger charge is 2.27. The van der Waals surface area contributed by atoms with Crippen LogP contribution in [0.1, 0.15) is 54.2 Å². The number of carbonyl (C=O) groups excluding carboxylic acids is 2. The number of aryl methyl sites for hydroxylation is 1. The lowest BCUT2D eigenvalue weighted by atomic mass is 9.87. The van der Waals surface area contributed by atoms with Gasteiger partial charge in [0.2, 0.25) is 0 Å². The number of carbonyl (C=O) groups is 2. The molecule has 2 aromatic rings. The maximum absolute atomic E-state index is 12.5. The normalized spacial score (nSPS) is 17.4. The van der Waals surface area contributed by atoms with E-state index in [1.807, 2.05) is 6.92 Å². The molecule has 130 valence electrons. The summed E-state index contributed by atoms with van der Waals surface area (Å²) in [5, 5.41) is 5.10. The maximum atomic E-state index is 12.5. The molecule has 0 heterocycles. The zero-order chi connectivity index (χ0) is 17.8. The quantitative estimate of drug-likeness (QED) is 0.824. The van der Waals surface area contributed by atoms with E-state index in [9.17, 15) is 9.59 Å². The van der Waals surface area contributed by atoms with Gasteiger partial charge in [-0.1, -0.05) is 24.3 Å². The smallest absolute Gasteiger partial charge is 0.282 e. The third-order valence-corrected chi connectivity index (χ3v) is 4.91. The molecule has 2 aromatic carbocycles. The van der Waals surface area contributed by atoms with Gasteiger partial charge in [0, 0.05) is 23.2 Å². The van der Waals surface area contributed by atoms with Crippen molar-refractivity contribution in [2.75, 3.05) is 5.32 Å². The lowest BCUT2D eigenvalue weighted by Gasteiger charge is -2.26. The number of amides is 1. The molecular formula is C21H25N2O2+. The summed E-state index contributed by atoms with van der Waals surface area (Å²) in [6, 6.07) is 15.7. The molecule has 0 saturated carbocycles. The molecule has 1 aliphatic carbocycles. The lowest BCUT2D eigenvalue weighted by molar-refractivity contribution is -0.714. The second-order valence-corrected chi connectivity index (χ2v) is 6.80. The number of nitrogens with one attached hydrogen (secondary N) is 1. The summed E-state index contributed by atoms with van der Waals surface area (Å²) in [7, 11) is 0. The molecule has 0 aromatic heterocycles. The fourth-order valence-electron chi connectivity index (χ4n) is 3.47. The van der Waals surface area contributed by atoms with Gasteiger partial charge in [-0.25, -0.2) is 0 Å². The SMILES string of the molecule is CC(=O)c1ccc(NC(=O)[C@H](C)[NH2+][C@@H]2CCCc3ccccc32)cc1. The van der Waals surface area contributed by atoms with Crippen molar-refractivity contribution < 1.29 is 14.9 Å². The van der Waals surface area contributed by atoms with Crippen LogP contribution in [-0.2, 0) is 11.2 Å². The van der Waals surface area contributed by atoms with Gasteiger partial charge in [0.05, 0.1) is 0 Å². The molecule has 1 amide bonds. The molecule has 2 atom stereocenters. The zero-order valence-electron chi connectivity index (χ0n) is 14.8. The van der Waals surface area contributed by atoms with Gasteiger partial charge in [0.1, 0.15) is 6.04 Å². The van der Waals surface area contributed by atoms with Crippen molar-refractivity contribution in [3.05, 3.63) is 65.2 Å². The van der Waals surface area contributed by atoms with Crippen LogP contribution in [0.25, 0.3) is 0 Å². The molecule has 3 N–H and O–H groups in total. The van der Waals surface area contributed by atoms with E-state index in [2.05, 4.69) is 34.9 Å². The summed E-state index contributed by atoms with van der Waals surface area (Å²) in [6.45, 7) is 3.48. The maximum Gasteiger partial charge on any atom is 0.282 e. The molecule has 0 radical (unpaired) electrons. The molecule has 0 saturated heterocycles. The molecule has 0 unspecified atom stereocenters. The number of nitrogens with two attached hydrogens (primary N) is 1. The Morgan fingerprint density at radius 1 is 1.12 bits per heavy atom. The van der Waals surface area contributed by atoms with Gasteiger partial charge in [0.15, 0.2) is 11.8 Å². The van der Waals surface area contributed by atoms with Crippen LogP contribution in [0.2, 0.25) is 0 Å². The average Bonchev–Trinajstić information content (AvgIpc) is 2.62. The van der Waals surface area contributed by atoms with E-state index in [0.29, 0.717) is 11.6 Å². The Hall–Kier alpha value is -2.46. The van der Waals surface area contributed by atoms with Gasteiger partial charge in [-0.15, -0.1) is 0 Å². The van der Waals surface area contributed by atoms with E-state index in [0.717, 1.165) is 18.5 Å². The second kappa shape index (κ2) is 7.62. The predicted molar refractivity (Wildman–Crippen MR) is 98.6 cm³/mol. The third-order valence-electron chi connectivity index (χ3n) is 4.91. The number of benzene rings is 2. The second-order valence-electron chi connectivity index (χ2n) is 6.80. The molecule has 0 spiro atoms. The predicted octanol–water partition coefficient (Wildman–Crippen LogP) is 2.86. The molecule has 25 heavy (non-hydrogen) atoms. The van der Waals surface area contributed by atoms with Crippen molar-refractivity contribution in [1.82, 2.24) is 0 Å². The van der Waals surface area contributed by atoms with Crippen molar-refractivity contribution in [1.29, 1.82) is 0 Å². The summed E-state index contributed by atoms with van der Waals surface area (Å²) in [4.78, 5) is 23.8. The minimum Gasteiger partial charge on any atom is -0.330 e. The van der Waals surface area contributed by atoms with Gasteiger partial charge in [-0.05, 0) is 56.5 Å². The molecule has 4 nitrogen and oxygen atoms in total. The number of ketones is 1. The van der Waals surface area contributed by atoms with Crippen molar-refractivity contribution >= 4 is 17.4 Å². The van der Waals surface area contributed by atoms with Crippen molar-refractivity contribution in [2.24, 2.45) is 0 Å². The Morgan fingerprint density at radius 3 is 2.56 bits per heavy atom. The van der Waals surface area contributed by atoms with E-state index < -0.39 is 0 Å². The van der Waals surface area contributed by atoms with Crippen LogP contribution in [0.3, 0.4) is 0 Å². The molecule has 1 aliphatic rings. The average molecular weight is 337 g/mol. The topological polar surface area (TPSA) is 62.8 Å². The Balaban J connectivity index is 1.62. The summed E-state index contributed by atoms with van der Waals surface area (Å²) >= 11 is 0. The first-order chi connectivity index (χ1) is 12.0. The molecule has 3 rings (SSSR count). The van der Waals surface area contributed by atoms with Gasteiger partial charge >= 0.3 is 0 Å². The van der Waals surface area contributed by atoms with Crippen LogP contribution in [0.4, 0.5) is 5.69 Å². The largest absolute Gasteiger partial charge is 0.330 e. The van der Waals surface area contributed by atoms with Gasteiger partial charge in [0.25, 0.3) is 5.91 Å². The molecule has 0 fully saturated rings. The standard InChI is InChI=1S/C21H24N2O2/c1-14(21(25)23-18-12-10-16(11-13-18)15(2)24)22-20-9-5-7-17-6-3-4-8-19(17)20/h3-4,6,8,10-14,20,22H,5,7,9H2,1-2H3,(H,23,25)/p+1/t14-,20+/m0/s1. The van der Waals surface area contributed by atoms with Gasteiger partial charge in [-0.2, -0.15) is 0 Å². The zero-order valence-corrected chi connectivity index (χ0v) is 14.8. The number of hydrogen-bond donors (Lipinski definition) is 2. The molecule has 4 heteroatoms. The van der Waals surface area contributed by atoms with E-state index in [-0.39, 0.29) is 17.7 Å². The van der Waals surface area contributed by atoms with E-state index in [1.54, 1.807) is 24.3 Å². The molecule has 0 bridgehead atoms. The number of Topliss-reactive ketones (excluding diaryl/α,β-unsaturated/α-hetero) is 1. The fourth-order valence-corrected chi connectivity index (χ4v) is 3.47. The van der Waals surface area contributed by atoms with Crippen LogP contribution in [0, 0.1) is 0 Å². The summed E-state index contributed by atoms with van der Waals surface area (Å²) in [5.74, 6) is 0.00849. The first-order valence-corrected chi connectivity index (χ1v) is 8.89. The number of anilines is 1. The highest BCUT2D eigenvalue weighted by molar-refractivity contribution is 5.96. The highest BCUT2D eigenvalue weighted by atomic mass is 16.2. The van der Waals surface area contributed by atoms with E-state index >= 15 is 0 Å². The molecule has 0 aliphatic heterocycles. The number of quaternary nitrogens is 1. The Kier molecular flexibility index (Phi) is 5.29. The van der Waals surface area contributed by atoms with Gasteiger partial charge in [-0.3, -0.25) is 9.59 Å². The van der Waals surface area contributed by atoms with Crippen molar-refractivity contribution in [3.8, 4) is 0 Å². The van der Waals surface area contributed by atoms with Crippen LogP contribution in [-0.4, -0.2) is 17.7 Å². The van der Waals surface area contributed by atoms with Crippen molar-refractivity contribution in [2.45, 2.75) is 45.2 Å². The van der Waals surface area contributed by atoms with Crippen molar-refractivity contribution in [3.63, 3.8) is 0 Å². The Bertz CT molecular complexity index is 768. The number of rotatable bonds is 5. The fraction of sp³-hybridized carbons (Fsp3) is 0.333. The van der Waals surface area contributed by atoms with Gasteiger partial charge < -0.3 is 10.6 Å². The van der Waals surface area contributed by atoms with Crippen LogP contribution >= 0.6 is 0 Å². The van der Waals surface area contributed by atoms with Crippen LogP contribution < -0.4 is 10.6 Å². The first-order valence-electron chi connectivity index (χ1n) is 8.89. The summed E-state index contributed by atoms with van der Waals surface area (Å²) in [5.41, 5.74) is 4.14. The minimum absolute atomic E-state index is 0.0152. The highest BCUT2D eigenvalue weighted by Crippen LogP contribution is 2.26. The lowest BCUT2D eigenvalue weighted by Crippen LogP contribution is -2.92. The summed E-state index contributed by atoms with van der Waals surface area (Å²) < 4.78 is 0. The summed E-state index contributed by atoms with van der Waals surface area (Å²) in [6.07, 6.45) is 3.39. The first kappa shape index (κ1) is 17.4. The number of hydrogen-bond acceptors (Lipinski definition) is 2. The van der Waals surface area contributed by atoms with Crippen LogP contribution in [0.15, 0.2) is 48.5 Å². The Morgan fingerprint density at radius 2 is 1.84 bits per heavy atom. The minimum atomic E-state index is -0.177. The van der Waals surface area contributed by atoms with Crippen LogP contribution in [0.5, 0.6) is 0 Å². The Labute approximate surface area is 148 Å². The number of fused-ring (bicyclic) bond motifs is 1. The monoisotopic (exact) mass is 337 g/mol. The van der Waals surface area contributed by atoms with E-state index in [1.165, 1.54) is 24.5 Å². The van der Waals surface area contributed by atoms with E-state index in [4.69, 9.17) is 0 Å².